The Morgan fingerprint density at radius 1 is 0.467 bits per heavy atom. The van der Waals surface area contributed by atoms with Crippen molar-refractivity contribution in [3.8, 4) is 0 Å². The van der Waals surface area contributed by atoms with Gasteiger partial charge in [0.2, 0.25) is 0 Å². The summed E-state index contributed by atoms with van der Waals surface area (Å²) in [6.07, 6.45) is 0. The van der Waals surface area contributed by atoms with Gasteiger partial charge in [0.15, 0.2) is 0 Å². The molecule has 0 unspecified atom stereocenters. The van der Waals surface area contributed by atoms with Crippen molar-refractivity contribution in [2.75, 3.05) is 11.5 Å². The van der Waals surface area contributed by atoms with Gasteiger partial charge in [-0.25, -0.2) is 0 Å². The maximum atomic E-state index is 11.4. The van der Waals surface area contributed by atoms with Crippen LogP contribution in [0.1, 0.15) is 0 Å². The van der Waals surface area contributed by atoms with Crippen molar-refractivity contribution in [3.05, 3.63) is 58.6 Å². The van der Waals surface area contributed by atoms with Crippen LogP contribution >= 0.6 is 0 Å². The van der Waals surface area contributed by atoms with Gasteiger partial charge in [-0.2, -0.15) is 42.1 Å². The molecule has 4 aromatic rings. The monoisotopic (exact) mass is 731 g/mol. The molecule has 4 aromatic carbocycles. The lowest BCUT2D eigenvalue weighted by molar-refractivity contribution is -0.384. The van der Waals surface area contributed by atoms with Crippen LogP contribution in [-0.4, -0.2) is 69.8 Å². The van der Waals surface area contributed by atoms with Gasteiger partial charge in [-0.05, 0) is 36.4 Å². The molecule has 25 heteroatoms. The van der Waals surface area contributed by atoms with E-state index in [1.165, 1.54) is 0 Å². The molecule has 45 heavy (non-hydrogen) atoms. The van der Waals surface area contributed by atoms with Gasteiger partial charge >= 0.3 is 0 Å². The molecule has 0 amide bonds. The average molecular weight is 732 g/mol. The molecule has 0 spiro atoms. The van der Waals surface area contributed by atoms with Crippen LogP contribution in [-0.2, 0) is 50.6 Å². The second-order valence-electron chi connectivity index (χ2n) is 8.73. The molecular formula is C20H17N3O17S5. The Bertz CT molecular complexity index is 2490. The first kappa shape index (κ1) is 35.4. The van der Waals surface area contributed by atoms with Crippen LogP contribution in [0, 0.1) is 10.1 Å². The molecule has 0 radical (unpaired) electrons. The zero-order chi connectivity index (χ0) is 34.7. The van der Waals surface area contributed by atoms with E-state index in [1.807, 2.05) is 0 Å². The van der Waals surface area contributed by atoms with Crippen LogP contribution in [0.3, 0.4) is 0 Å². The summed E-state index contributed by atoms with van der Waals surface area (Å²) in [6, 6.07) is 5.92. The maximum Gasteiger partial charge on any atom is 0.295 e. The number of fused-ring (bicyclic) bond motifs is 2. The van der Waals surface area contributed by atoms with Crippen LogP contribution in [0.5, 0.6) is 0 Å². The van der Waals surface area contributed by atoms with E-state index >= 15 is 0 Å². The Balaban J connectivity index is 0.000000246. The van der Waals surface area contributed by atoms with Gasteiger partial charge in [0.05, 0.1) is 9.82 Å². The van der Waals surface area contributed by atoms with E-state index < -0.39 is 102 Å². The highest BCUT2D eigenvalue weighted by Crippen LogP contribution is 2.35. The fraction of sp³-hybridized carbons (Fsp3) is 0. The summed E-state index contributed by atoms with van der Waals surface area (Å²) in [5.41, 5.74) is 9.61. The summed E-state index contributed by atoms with van der Waals surface area (Å²) < 4.78 is 159. The third-order valence-electron chi connectivity index (χ3n) is 5.61. The molecule has 0 aromatic heterocycles. The smallest absolute Gasteiger partial charge is 0.295 e. The van der Waals surface area contributed by atoms with E-state index in [0.717, 1.165) is 30.3 Å². The Kier molecular flexibility index (Phi) is 8.97. The fourth-order valence-electron chi connectivity index (χ4n) is 3.90. The quantitative estimate of drug-likeness (QED) is 0.0628. The molecule has 244 valence electrons. The van der Waals surface area contributed by atoms with Crippen molar-refractivity contribution in [1.82, 2.24) is 0 Å². The fourth-order valence-corrected chi connectivity index (χ4v) is 7.41. The lowest BCUT2D eigenvalue weighted by Gasteiger charge is -2.11. The third kappa shape index (κ3) is 7.79. The number of nitro benzene ring substituents is 1. The second-order valence-corrected chi connectivity index (χ2v) is 15.7. The normalized spacial score (nSPS) is 12.9. The van der Waals surface area contributed by atoms with Crippen molar-refractivity contribution in [2.45, 2.75) is 24.5 Å². The van der Waals surface area contributed by atoms with Gasteiger partial charge in [-0.15, -0.1) is 0 Å². The molecule has 20 nitrogen and oxygen atoms in total. The Hall–Kier alpha value is -4.05. The summed E-state index contributed by atoms with van der Waals surface area (Å²) in [5.74, 6) is 0. The summed E-state index contributed by atoms with van der Waals surface area (Å²) >= 11 is 0. The minimum absolute atomic E-state index is 0.223. The van der Waals surface area contributed by atoms with E-state index in [0.29, 0.717) is 18.2 Å². The number of non-ortho nitro benzene ring substituents is 1. The number of nitrogen functional groups attached to an aromatic ring is 2. The molecule has 0 fully saturated rings. The molecular weight excluding hydrogens is 715 g/mol. The number of hydrogen-bond donors (Lipinski definition) is 7. The van der Waals surface area contributed by atoms with E-state index in [-0.39, 0.29) is 16.8 Å². The standard InChI is InChI=1S/C10H8N2O8S2.C10H9NO9S3/c11-5-1-7-8(9(2-5)21(15,16)17)3-6(12(13)14)4-10(7)22(18,19)20;11-5-1-7-8(9(2-5)22(15,16)17)3-6(21(12,13)14)4-10(7)23(18,19)20/h1-4H,11H2,(H,15,16,17)(H,18,19,20);1-4H,11H2,(H,12,13,14)(H,15,16,17)(H,18,19,20). The second kappa shape index (κ2) is 11.4. The first-order chi connectivity index (χ1) is 20.1. The number of benzene rings is 4. The minimum Gasteiger partial charge on any atom is -0.399 e. The zero-order valence-corrected chi connectivity index (χ0v) is 25.5. The summed E-state index contributed by atoms with van der Waals surface area (Å²) in [4.78, 5) is 5.29. The first-order valence-electron chi connectivity index (χ1n) is 10.9. The number of nitro groups is 1. The first-order valence-corrected chi connectivity index (χ1v) is 18.1. The van der Waals surface area contributed by atoms with Crippen LogP contribution in [0.15, 0.2) is 73.0 Å². The Morgan fingerprint density at radius 2 is 0.778 bits per heavy atom. The highest BCUT2D eigenvalue weighted by Gasteiger charge is 2.26. The highest BCUT2D eigenvalue weighted by atomic mass is 32.2. The predicted molar refractivity (Wildman–Crippen MR) is 152 cm³/mol. The maximum absolute atomic E-state index is 11.4. The average Bonchev–Trinajstić information content (AvgIpc) is 2.83. The predicted octanol–water partition coefficient (Wildman–Crippen LogP) is 0.986. The van der Waals surface area contributed by atoms with Crippen molar-refractivity contribution >= 4 is 89.2 Å². The van der Waals surface area contributed by atoms with Crippen LogP contribution < -0.4 is 11.5 Å². The van der Waals surface area contributed by atoms with Crippen LogP contribution in [0.4, 0.5) is 17.1 Å². The van der Waals surface area contributed by atoms with Gasteiger partial charge in [0.25, 0.3) is 56.3 Å². The van der Waals surface area contributed by atoms with Crippen molar-refractivity contribution in [3.63, 3.8) is 0 Å². The number of nitrogens with two attached hydrogens (primary N) is 2. The molecule has 9 N–H and O–H groups in total. The third-order valence-corrected chi connectivity index (χ3v) is 10.0. The molecule has 4 rings (SSSR count). The van der Waals surface area contributed by atoms with Gasteiger partial charge in [-0.3, -0.25) is 32.9 Å². The van der Waals surface area contributed by atoms with Crippen molar-refractivity contribution < 1.29 is 69.8 Å². The molecule has 0 bridgehead atoms. The van der Waals surface area contributed by atoms with Gasteiger partial charge in [-0.1, -0.05) is 0 Å². The minimum atomic E-state index is -5.00. The van der Waals surface area contributed by atoms with Crippen molar-refractivity contribution in [1.29, 1.82) is 0 Å². The van der Waals surface area contributed by atoms with Crippen LogP contribution in [0.25, 0.3) is 21.5 Å². The van der Waals surface area contributed by atoms with E-state index in [9.17, 15) is 65.9 Å². The number of anilines is 2. The lowest BCUT2D eigenvalue weighted by atomic mass is 10.1. The number of rotatable bonds is 6. The van der Waals surface area contributed by atoms with E-state index in [4.69, 9.17) is 20.6 Å². The summed E-state index contributed by atoms with van der Waals surface area (Å²) in [6.45, 7) is 0. The lowest BCUT2D eigenvalue weighted by Crippen LogP contribution is -2.07. The summed E-state index contributed by atoms with van der Waals surface area (Å²) in [7, 11) is -24.6. The van der Waals surface area contributed by atoms with Gasteiger partial charge in [0, 0.05) is 45.1 Å². The molecule has 0 atom stereocenters. The molecule has 0 aliphatic carbocycles. The molecule has 0 saturated carbocycles. The zero-order valence-electron chi connectivity index (χ0n) is 21.4. The molecule has 0 saturated heterocycles. The molecule has 0 aliphatic heterocycles. The van der Waals surface area contributed by atoms with Gasteiger partial charge < -0.3 is 11.5 Å². The SMILES string of the molecule is Nc1cc(S(=O)(=O)O)c2cc(S(=O)(=O)O)cc(S(=O)(=O)O)c2c1.Nc1cc(S(=O)(=O)O)c2cc([N+](=O)[O-])cc(S(=O)(=O)O)c2c1. The summed E-state index contributed by atoms with van der Waals surface area (Å²) in [5, 5.41) is 8.99. The van der Waals surface area contributed by atoms with E-state index in [1.54, 1.807) is 0 Å². The number of hydrogen-bond acceptors (Lipinski definition) is 14. The van der Waals surface area contributed by atoms with Crippen LogP contribution in [0.2, 0.25) is 0 Å². The largest absolute Gasteiger partial charge is 0.399 e. The Morgan fingerprint density at radius 3 is 1.11 bits per heavy atom. The number of nitrogens with zero attached hydrogens (tertiary/aromatic N) is 1. The Labute approximate surface area is 252 Å². The highest BCUT2D eigenvalue weighted by molar-refractivity contribution is 7.87. The topological polar surface area (TPSA) is 367 Å². The molecule has 0 aliphatic rings. The van der Waals surface area contributed by atoms with Crippen molar-refractivity contribution in [2.24, 2.45) is 0 Å². The van der Waals surface area contributed by atoms with E-state index in [2.05, 4.69) is 0 Å². The molecule has 0 heterocycles. The van der Waals surface area contributed by atoms with Gasteiger partial charge in [0.1, 0.15) is 19.6 Å².